The van der Waals surface area contributed by atoms with Gasteiger partial charge in [0.2, 0.25) is 12.7 Å². The minimum atomic E-state index is -0.340. The Balaban J connectivity index is 1.41. The lowest BCUT2D eigenvalue weighted by molar-refractivity contribution is -0.132. The Morgan fingerprint density at radius 1 is 1.00 bits per heavy atom. The Hall–Kier alpha value is -2.57. The number of carbonyl (C=O) groups is 1. The Labute approximate surface area is 183 Å². The predicted octanol–water partition coefficient (Wildman–Crippen LogP) is 3.42. The summed E-state index contributed by atoms with van der Waals surface area (Å²) in [6.07, 6.45) is 3.98. The molecule has 1 N–H and O–H groups in total. The number of hydrogen-bond acceptors (Lipinski definition) is 5. The van der Waals surface area contributed by atoms with Crippen molar-refractivity contribution in [2.75, 3.05) is 39.6 Å². The van der Waals surface area contributed by atoms with Gasteiger partial charge in [0.25, 0.3) is 0 Å². The number of nitrogens with zero attached hydrogens (tertiary/aromatic N) is 1. The molecule has 3 aliphatic heterocycles. The second-order valence-electron chi connectivity index (χ2n) is 8.72. The molecule has 6 nitrogen and oxygen atoms in total. The van der Waals surface area contributed by atoms with Gasteiger partial charge in [0.1, 0.15) is 6.04 Å². The van der Waals surface area contributed by atoms with E-state index in [1.807, 2.05) is 41.3 Å². The Kier molecular flexibility index (Phi) is 5.83. The lowest BCUT2D eigenvalue weighted by atomic mass is 9.73. The van der Waals surface area contributed by atoms with Gasteiger partial charge >= 0.3 is 0 Å². The van der Waals surface area contributed by atoms with Crippen LogP contribution < -0.4 is 14.8 Å². The highest BCUT2D eigenvalue weighted by atomic mass is 16.7. The maximum Gasteiger partial charge on any atom is 0.244 e. The summed E-state index contributed by atoms with van der Waals surface area (Å²) >= 11 is 0. The van der Waals surface area contributed by atoms with Gasteiger partial charge in [0, 0.05) is 38.3 Å². The van der Waals surface area contributed by atoms with E-state index < -0.39 is 0 Å². The van der Waals surface area contributed by atoms with Crippen LogP contribution in [0.2, 0.25) is 0 Å². The molecule has 1 amide bonds. The van der Waals surface area contributed by atoms with Crippen molar-refractivity contribution in [3.8, 4) is 11.5 Å². The van der Waals surface area contributed by atoms with E-state index in [0.29, 0.717) is 19.8 Å². The highest BCUT2D eigenvalue weighted by Gasteiger charge is 2.37. The fraction of sp³-hybridized carbons (Fsp3) is 0.480. The van der Waals surface area contributed by atoms with Crippen LogP contribution in [0.1, 0.15) is 42.9 Å². The smallest absolute Gasteiger partial charge is 0.244 e. The van der Waals surface area contributed by atoms with Gasteiger partial charge in [-0.15, -0.1) is 0 Å². The van der Waals surface area contributed by atoms with Gasteiger partial charge in [-0.3, -0.25) is 4.79 Å². The highest BCUT2D eigenvalue weighted by Crippen LogP contribution is 2.41. The largest absolute Gasteiger partial charge is 0.454 e. The van der Waals surface area contributed by atoms with E-state index in [9.17, 15) is 4.79 Å². The molecule has 0 saturated carbocycles. The zero-order valence-electron chi connectivity index (χ0n) is 17.8. The number of hydrogen-bond donors (Lipinski definition) is 1. The predicted molar refractivity (Wildman–Crippen MR) is 117 cm³/mol. The number of fused-ring (bicyclic) bond motifs is 1. The zero-order chi connectivity index (χ0) is 21.1. The van der Waals surface area contributed by atoms with Crippen LogP contribution in [-0.2, 0) is 14.9 Å². The number of ether oxygens (including phenoxy) is 3. The molecule has 0 aromatic heterocycles. The van der Waals surface area contributed by atoms with Crippen molar-refractivity contribution in [2.24, 2.45) is 0 Å². The van der Waals surface area contributed by atoms with Crippen molar-refractivity contribution in [1.82, 2.24) is 10.2 Å². The average molecular weight is 423 g/mol. The van der Waals surface area contributed by atoms with Crippen LogP contribution in [0.5, 0.6) is 11.5 Å². The molecule has 2 saturated heterocycles. The highest BCUT2D eigenvalue weighted by molar-refractivity contribution is 5.83. The van der Waals surface area contributed by atoms with Crippen molar-refractivity contribution < 1.29 is 19.0 Å². The second-order valence-corrected chi connectivity index (χ2v) is 8.72. The summed E-state index contributed by atoms with van der Waals surface area (Å²) in [6, 6.07) is 16.0. The normalized spacial score (nSPS) is 20.6. The van der Waals surface area contributed by atoms with E-state index in [1.54, 1.807) is 0 Å². The number of carbonyl (C=O) groups excluding carboxylic acids is 1. The second kappa shape index (κ2) is 8.89. The standard InChI is InChI=1S/C25H30N2O4/c28-24(27-12-4-5-13-27)23(19-6-2-1-3-7-19)26-17-25(10-14-29-15-11-25)20-8-9-21-22(16-20)31-18-30-21/h1-3,6-9,16,23,26H,4-5,10-15,17-18H2. The molecule has 1 unspecified atom stereocenters. The molecule has 1 atom stereocenters. The number of rotatable bonds is 6. The van der Waals surface area contributed by atoms with E-state index in [-0.39, 0.29) is 24.2 Å². The lowest BCUT2D eigenvalue weighted by Gasteiger charge is -2.39. The molecular weight excluding hydrogens is 392 g/mol. The third-order valence-corrected chi connectivity index (χ3v) is 6.88. The monoisotopic (exact) mass is 422 g/mol. The first-order chi connectivity index (χ1) is 15.3. The van der Waals surface area contributed by atoms with Gasteiger partial charge in [-0.25, -0.2) is 0 Å². The third-order valence-electron chi connectivity index (χ3n) is 6.88. The number of likely N-dealkylation sites (tertiary alicyclic amines) is 1. The molecule has 0 radical (unpaired) electrons. The van der Waals surface area contributed by atoms with Gasteiger partial charge in [-0.1, -0.05) is 36.4 Å². The molecule has 31 heavy (non-hydrogen) atoms. The maximum absolute atomic E-state index is 13.4. The molecule has 2 aromatic carbocycles. The third kappa shape index (κ3) is 4.14. The molecule has 0 aliphatic carbocycles. The first kappa shape index (κ1) is 20.3. The fourth-order valence-corrected chi connectivity index (χ4v) is 4.97. The maximum atomic E-state index is 13.4. The molecule has 3 aliphatic rings. The topological polar surface area (TPSA) is 60.0 Å². The van der Waals surface area contributed by atoms with Crippen molar-refractivity contribution in [2.45, 2.75) is 37.1 Å². The molecule has 2 fully saturated rings. The minimum absolute atomic E-state index is 0.114. The van der Waals surface area contributed by atoms with Gasteiger partial charge < -0.3 is 24.4 Å². The van der Waals surface area contributed by atoms with Crippen molar-refractivity contribution >= 4 is 5.91 Å². The summed E-state index contributed by atoms with van der Waals surface area (Å²) < 4.78 is 16.8. The van der Waals surface area contributed by atoms with Gasteiger partial charge in [0.05, 0.1) is 0 Å². The number of benzene rings is 2. The molecule has 0 bridgehead atoms. The molecule has 2 aromatic rings. The Morgan fingerprint density at radius 3 is 2.52 bits per heavy atom. The van der Waals surface area contributed by atoms with Crippen LogP contribution in [0.25, 0.3) is 0 Å². The summed E-state index contributed by atoms with van der Waals surface area (Å²) in [7, 11) is 0. The zero-order valence-corrected chi connectivity index (χ0v) is 17.8. The Bertz CT molecular complexity index is 905. The molecule has 6 heteroatoms. The summed E-state index contributed by atoms with van der Waals surface area (Å²) in [5, 5.41) is 3.67. The molecule has 164 valence electrons. The molecule has 3 heterocycles. The van der Waals surface area contributed by atoms with E-state index in [2.05, 4.69) is 17.4 Å². The van der Waals surface area contributed by atoms with Crippen LogP contribution in [0, 0.1) is 0 Å². The van der Waals surface area contributed by atoms with Gasteiger partial charge in [-0.2, -0.15) is 0 Å². The van der Waals surface area contributed by atoms with Crippen molar-refractivity contribution in [3.05, 3.63) is 59.7 Å². The van der Waals surface area contributed by atoms with Gasteiger partial charge in [0.15, 0.2) is 11.5 Å². The van der Waals surface area contributed by atoms with Crippen molar-refractivity contribution in [1.29, 1.82) is 0 Å². The fourth-order valence-electron chi connectivity index (χ4n) is 4.97. The van der Waals surface area contributed by atoms with E-state index in [0.717, 1.165) is 55.8 Å². The lowest BCUT2D eigenvalue weighted by Crippen LogP contribution is -2.47. The first-order valence-corrected chi connectivity index (χ1v) is 11.3. The summed E-state index contributed by atoms with van der Waals surface area (Å²) in [4.78, 5) is 15.4. The molecular formula is C25H30N2O4. The van der Waals surface area contributed by atoms with E-state index >= 15 is 0 Å². The van der Waals surface area contributed by atoms with E-state index in [4.69, 9.17) is 14.2 Å². The van der Waals surface area contributed by atoms with Gasteiger partial charge in [-0.05, 0) is 48.9 Å². The number of amides is 1. The van der Waals surface area contributed by atoms with E-state index in [1.165, 1.54) is 5.56 Å². The number of nitrogens with one attached hydrogen (secondary N) is 1. The van der Waals surface area contributed by atoms with Crippen LogP contribution in [0.4, 0.5) is 0 Å². The summed E-state index contributed by atoms with van der Waals surface area (Å²) in [6.45, 7) is 4.11. The molecule has 5 rings (SSSR count). The Morgan fingerprint density at radius 2 is 1.74 bits per heavy atom. The minimum Gasteiger partial charge on any atom is -0.454 e. The SMILES string of the molecule is O=C(C(NCC1(c2ccc3c(c2)OCO3)CCOCC1)c1ccccc1)N1CCCC1. The summed E-state index contributed by atoms with van der Waals surface area (Å²) in [5.41, 5.74) is 2.12. The molecule has 0 spiro atoms. The average Bonchev–Trinajstić information content (AvgIpc) is 3.52. The first-order valence-electron chi connectivity index (χ1n) is 11.3. The van der Waals surface area contributed by atoms with Crippen molar-refractivity contribution in [3.63, 3.8) is 0 Å². The van der Waals surface area contributed by atoms with Crippen LogP contribution in [0.15, 0.2) is 48.5 Å². The van der Waals surface area contributed by atoms with Crippen LogP contribution in [-0.4, -0.2) is 50.4 Å². The summed E-state index contributed by atoms with van der Waals surface area (Å²) in [5.74, 6) is 1.78. The van der Waals surface area contributed by atoms with Crippen LogP contribution in [0.3, 0.4) is 0 Å². The quantitative estimate of drug-likeness (QED) is 0.773. The van der Waals surface area contributed by atoms with Crippen LogP contribution >= 0.6 is 0 Å².